The van der Waals surface area contributed by atoms with Gasteiger partial charge in [-0.1, -0.05) is 42.5 Å². The standard InChI is InChI=1S/C46H49N9O7/c47-41-37(28-35(49-50-41)33-8-4-5-9-38(33)56)52-20-16-46(17-21-52,30-6-2-1-3-7-30)45(62)54-24-22-53(23-25-54)40(58)26-29-14-18-51(19-15-29)31-10-11-32-34(27-31)44(61)55(43(32)60)36-12-13-39(57)48-42(36)59/h1-11,27-29,36,56H,12-26H2,(H2,47,50)(H,48,57,59). The van der Waals surface area contributed by atoms with Crippen molar-refractivity contribution in [1.82, 2.24) is 30.2 Å². The van der Waals surface area contributed by atoms with Gasteiger partial charge in [-0.05, 0) is 80.0 Å². The molecule has 9 rings (SSSR count). The lowest BCUT2D eigenvalue weighted by Crippen LogP contribution is -2.58. The maximum absolute atomic E-state index is 14.7. The van der Waals surface area contributed by atoms with Gasteiger partial charge in [0.05, 0.1) is 27.9 Å². The molecule has 5 aliphatic rings. The highest BCUT2D eigenvalue weighted by atomic mass is 16.3. The number of fused-ring (bicyclic) bond motifs is 1. The number of nitrogens with two attached hydrogens (primary N) is 1. The maximum Gasteiger partial charge on any atom is 0.262 e. The summed E-state index contributed by atoms with van der Waals surface area (Å²) < 4.78 is 0. The van der Waals surface area contributed by atoms with E-state index in [9.17, 15) is 33.9 Å². The summed E-state index contributed by atoms with van der Waals surface area (Å²) in [6.07, 6.45) is 3.26. The van der Waals surface area contributed by atoms with Gasteiger partial charge in [-0.3, -0.25) is 39.0 Å². The van der Waals surface area contributed by atoms with E-state index in [0.717, 1.165) is 29.0 Å². The van der Waals surface area contributed by atoms with Gasteiger partial charge < -0.3 is 30.4 Å². The third-order valence-electron chi connectivity index (χ3n) is 13.5. The molecule has 16 heteroatoms. The van der Waals surface area contributed by atoms with E-state index in [0.29, 0.717) is 88.6 Å². The first kappa shape index (κ1) is 40.6. The molecular weight excluding hydrogens is 791 g/mol. The van der Waals surface area contributed by atoms with Crippen molar-refractivity contribution in [2.45, 2.75) is 56.4 Å². The molecule has 4 N–H and O–H groups in total. The molecule has 6 amide bonds. The Morgan fingerprint density at radius 3 is 2.11 bits per heavy atom. The minimum absolute atomic E-state index is 0.0624. The van der Waals surface area contributed by atoms with Crippen molar-refractivity contribution >= 4 is 52.6 Å². The molecule has 16 nitrogen and oxygen atoms in total. The summed E-state index contributed by atoms with van der Waals surface area (Å²) in [6, 6.07) is 22.9. The number of benzene rings is 3. The summed E-state index contributed by atoms with van der Waals surface area (Å²) in [5.41, 5.74) is 9.65. The number of aromatic hydroxyl groups is 1. The molecule has 0 bridgehead atoms. The monoisotopic (exact) mass is 839 g/mol. The number of piperazine rings is 1. The van der Waals surface area contributed by atoms with E-state index in [-0.39, 0.29) is 53.3 Å². The predicted octanol–water partition coefficient (Wildman–Crippen LogP) is 3.35. The van der Waals surface area contributed by atoms with Crippen LogP contribution < -0.4 is 20.9 Å². The third-order valence-corrected chi connectivity index (χ3v) is 13.5. The van der Waals surface area contributed by atoms with Gasteiger partial charge in [-0.2, -0.15) is 0 Å². The number of phenolic OH excluding ortho intramolecular Hbond substituents is 1. The molecule has 0 aliphatic carbocycles. The van der Waals surface area contributed by atoms with E-state index >= 15 is 0 Å². The van der Waals surface area contributed by atoms with Crippen molar-refractivity contribution in [1.29, 1.82) is 0 Å². The first-order valence-corrected chi connectivity index (χ1v) is 21.4. The Morgan fingerprint density at radius 1 is 0.726 bits per heavy atom. The van der Waals surface area contributed by atoms with E-state index in [4.69, 9.17) is 5.73 Å². The van der Waals surface area contributed by atoms with Crippen LogP contribution >= 0.6 is 0 Å². The van der Waals surface area contributed by atoms with Crippen LogP contribution in [0.25, 0.3) is 11.3 Å². The Balaban J connectivity index is 0.791. The van der Waals surface area contributed by atoms with Crippen molar-refractivity contribution in [2.24, 2.45) is 5.92 Å². The molecule has 1 atom stereocenters. The number of nitrogens with zero attached hydrogens (tertiary/aromatic N) is 7. The van der Waals surface area contributed by atoms with Gasteiger partial charge in [0.25, 0.3) is 11.8 Å². The number of hydrogen-bond acceptors (Lipinski definition) is 12. The average molecular weight is 840 g/mol. The Kier molecular flexibility index (Phi) is 10.8. The molecule has 62 heavy (non-hydrogen) atoms. The number of nitrogen functional groups attached to an aromatic ring is 1. The van der Waals surface area contributed by atoms with Crippen LogP contribution in [0.4, 0.5) is 17.2 Å². The second-order valence-corrected chi connectivity index (χ2v) is 16.9. The number of anilines is 3. The minimum Gasteiger partial charge on any atom is -0.507 e. The van der Waals surface area contributed by atoms with Crippen LogP contribution in [0, 0.1) is 5.92 Å². The minimum atomic E-state index is -1.01. The zero-order chi connectivity index (χ0) is 43.1. The lowest BCUT2D eigenvalue weighted by Gasteiger charge is -2.46. The molecule has 0 spiro atoms. The van der Waals surface area contributed by atoms with Crippen LogP contribution in [-0.2, 0) is 24.6 Å². The summed E-state index contributed by atoms with van der Waals surface area (Å²) >= 11 is 0. The quantitative estimate of drug-likeness (QED) is 0.219. The van der Waals surface area contributed by atoms with Gasteiger partial charge in [0.1, 0.15) is 11.8 Å². The average Bonchev–Trinajstić information content (AvgIpc) is 3.54. The molecule has 4 aromatic rings. The van der Waals surface area contributed by atoms with Crippen molar-refractivity contribution in [2.75, 3.05) is 67.9 Å². The van der Waals surface area contributed by atoms with E-state index < -0.39 is 35.1 Å². The van der Waals surface area contributed by atoms with Crippen molar-refractivity contribution in [3.63, 3.8) is 0 Å². The highest BCUT2D eigenvalue weighted by Crippen LogP contribution is 2.41. The molecule has 320 valence electrons. The molecule has 1 aromatic heterocycles. The van der Waals surface area contributed by atoms with Crippen LogP contribution in [0.1, 0.15) is 71.2 Å². The molecule has 0 saturated carbocycles. The highest BCUT2D eigenvalue weighted by molar-refractivity contribution is 6.23. The number of rotatable bonds is 8. The van der Waals surface area contributed by atoms with Crippen LogP contribution in [-0.4, -0.2) is 124 Å². The second-order valence-electron chi connectivity index (χ2n) is 16.9. The van der Waals surface area contributed by atoms with E-state index in [1.54, 1.807) is 30.3 Å². The number of carbonyl (C=O) groups is 6. The fourth-order valence-electron chi connectivity index (χ4n) is 9.87. The van der Waals surface area contributed by atoms with Crippen molar-refractivity contribution < 1.29 is 33.9 Å². The number of phenols is 1. The number of hydrogen-bond donors (Lipinski definition) is 3. The van der Waals surface area contributed by atoms with Gasteiger partial charge in [0, 0.05) is 76.5 Å². The molecule has 6 heterocycles. The maximum atomic E-state index is 14.7. The topological polar surface area (TPSA) is 203 Å². The van der Waals surface area contributed by atoms with Gasteiger partial charge in [0.15, 0.2) is 5.82 Å². The van der Waals surface area contributed by atoms with Crippen LogP contribution in [0.2, 0.25) is 0 Å². The summed E-state index contributed by atoms with van der Waals surface area (Å²) in [5, 5.41) is 21.1. The number of nitrogens with one attached hydrogen (secondary N) is 1. The molecule has 0 radical (unpaired) electrons. The third kappa shape index (κ3) is 7.47. The normalized spacial score (nSPS) is 20.6. The largest absolute Gasteiger partial charge is 0.507 e. The Hall–Kier alpha value is -6.84. The SMILES string of the molecule is Nc1nnc(-c2ccccc2O)cc1N1CCC(C(=O)N2CCN(C(=O)CC3CCN(c4ccc5c(c4)C(=O)N(C4CCC(=O)NC4=O)C5=O)CC3)CC2)(c2ccccc2)CC1. The fraction of sp³-hybridized carbons (Fsp3) is 0.391. The van der Waals surface area contributed by atoms with Crippen molar-refractivity contribution in [3.05, 3.63) is 95.6 Å². The number of imide groups is 2. The lowest BCUT2D eigenvalue weighted by molar-refractivity contribution is -0.144. The van der Waals surface area contributed by atoms with E-state index in [1.807, 2.05) is 58.3 Å². The van der Waals surface area contributed by atoms with Gasteiger partial charge in [0.2, 0.25) is 23.6 Å². The summed E-state index contributed by atoms with van der Waals surface area (Å²) in [7, 11) is 0. The van der Waals surface area contributed by atoms with Crippen LogP contribution in [0.3, 0.4) is 0 Å². The summed E-state index contributed by atoms with van der Waals surface area (Å²) in [4.78, 5) is 88.1. The summed E-state index contributed by atoms with van der Waals surface area (Å²) in [6.45, 7) is 4.31. The van der Waals surface area contributed by atoms with E-state index in [1.165, 1.54) is 0 Å². The molecular formula is C46H49N9O7. The molecule has 1 unspecified atom stereocenters. The second kappa shape index (κ2) is 16.6. The Labute approximate surface area is 358 Å². The summed E-state index contributed by atoms with van der Waals surface area (Å²) in [5.74, 6) is -1.39. The smallest absolute Gasteiger partial charge is 0.262 e. The van der Waals surface area contributed by atoms with Gasteiger partial charge >= 0.3 is 0 Å². The van der Waals surface area contributed by atoms with E-state index in [2.05, 4.69) is 25.3 Å². The highest BCUT2D eigenvalue weighted by Gasteiger charge is 2.47. The number of para-hydroxylation sites is 1. The van der Waals surface area contributed by atoms with Crippen molar-refractivity contribution in [3.8, 4) is 17.0 Å². The lowest BCUT2D eigenvalue weighted by atomic mass is 9.71. The zero-order valence-corrected chi connectivity index (χ0v) is 34.4. The first-order valence-electron chi connectivity index (χ1n) is 21.4. The Bertz CT molecular complexity index is 2440. The van der Waals surface area contributed by atoms with Gasteiger partial charge in [-0.25, -0.2) is 0 Å². The molecule has 3 aromatic carbocycles. The number of amides is 6. The molecule has 4 saturated heterocycles. The Morgan fingerprint density at radius 2 is 1.40 bits per heavy atom. The molecule has 5 aliphatic heterocycles. The number of aromatic nitrogens is 2. The van der Waals surface area contributed by atoms with Crippen LogP contribution in [0.15, 0.2) is 78.9 Å². The number of piperidine rings is 3. The first-order chi connectivity index (χ1) is 30.0. The van der Waals surface area contributed by atoms with Gasteiger partial charge in [-0.15, -0.1) is 10.2 Å². The number of carbonyl (C=O) groups excluding carboxylic acids is 6. The molecule has 4 fully saturated rings. The fourth-order valence-corrected chi connectivity index (χ4v) is 9.87. The predicted molar refractivity (Wildman–Crippen MR) is 229 cm³/mol. The van der Waals surface area contributed by atoms with Crippen LogP contribution in [0.5, 0.6) is 5.75 Å². The zero-order valence-electron chi connectivity index (χ0n) is 34.4.